The van der Waals surface area contributed by atoms with Crippen molar-refractivity contribution < 1.29 is 19.2 Å². The van der Waals surface area contributed by atoms with Crippen LogP contribution in [0.2, 0.25) is 0 Å². The molecule has 4 rings (SSSR count). The largest absolute Gasteiger partial charge is 0.459 e. The van der Waals surface area contributed by atoms with Crippen molar-refractivity contribution >= 4 is 28.3 Å². The Kier molecular flexibility index (Phi) is 5.67. The van der Waals surface area contributed by atoms with Gasteiger partial charge in [0, 0.05) is 29.2 Å². The highest BCUT2D eigenvalue weighted by atomic mass is 16.6. The summed E-state index contributed by atoms with van der Waals surface area (Å²) in [5.74, 6) is 0.184. The number of aliphatic hydroxyl groups is 1. The first-order chi connectivity index (χ1) is 14.5. The van der Waals surface area contributed by atoms with Crippen molar-refractivity contribution in [3.05, 3.63) is 70.0 Å². The third kappa shape index (κ3) is 4.44. The average Bonchev–Trinajstić information content (AvgIpc) is 3.17. The minimum atomic E-state index is -0.517. The molecule has 1 saturated carbocycles. The first-order valence-corrected chi connectivity index (χ1v) is 9.98. The Morgan fingerprint density at radius 2 is 1.90 bits per heavy atom. The summed E-state index contributed by atoms with van der Waals surface area (Å²) in [6, 6.07) is 13.8. The number of amides is 1. The average molecular weight is 409 g/mol. The summed E-state index contributed by atoms with van der Waals surface area (Å²) in [4.78, 5) is 23.6. The van der Waals surface area contributed by atoms with E-state index >= 15 is 0 Å². The first kappa shape index (κ1) is 19.9. The van der Waals surface area contributed by atoms with E-state index in [1.807, 2.05) is 30.3 Å². The second-order valence-corrected chi connectivity index (χ2v) is 7.57. The molecule has 1 amide bonds. The molecule has 0 bridgehead atoms. The summed E-state index contributed by atoms with van der Waals surface area (Å²) in [5.41, 5.74) is 1.35. The van der Waals surface area contributed by atoms with Gasteiger partial charge in [-0.05, 0) is 43.9 Å². The van der Waals surface area contributed by atoms with Gasteiger partial charge in [-0.3, -0.25) is 14.9 Å². The van der Waals surface area contributed by atoms with Crippen molar-refractivity contribution in [3.63, 3.8) is 0 Å². The Bertz CT molecular complexity index is 1040. The highest BCUT2D eigenvalue weighted by Gasteiger charge is 2.23. The molecular formula is C22H23N3O5. The third-order valence-electron chi connectivity index (χ3n) is 5.41. The summed E-state index contributed by atoms with van der Waals surface area (Å²) in [6.07, 6.45) is 2.65. The maximum atomic E-state index is 12.9. The molecule has 30 heavy (non-hydrogen) atoms. The van der Waals surface area contributed by atoms with Crippen LogP contribution in [-0.2, 0) is 6.54 Å². The van der Waals surface area contributed by atoms with Gasteiger partial charge in [0.1, 0.15) is 11.3 Å². The third-order valence-corrected chi connectivity index (χ3v) is 5.41. The van der Waals surface area contributed by atoms with Gasteiger partial charge in [0.15, 0.2) is 0 Å². The summed E-state index contributed by atoms with van der Waals surface area (Å²) in [6.45, 7) is 0.172. The molecular weight excluding hydrogens is 386 g/mol. The molecule has 0 saturated heterocycles. The van der Waals surface area contributed by atoms with Gasteiger partial charge >= 0.3 is 0 Å². The lowest BCUT2D eigenvalue weighted by molar-refractivity contribution is -0.384. The minimum Gasteiger partial charge on any atom is -0.459 e. The maximum Gasteiger partial charge on any atom is 0.270 e. The van der Waals surface area contributed by atoms with Crippen LogP contribution >= 0.6 is 0 Å². The number of nitrogens with zero attached hydrogens (tertiary/aromatic N) is 1. The highest BCUT2D eigenvalue weighted by Crippen LogP contribution is 2.27. The fourth-order valence-corrected chi connectivity index (χ4v) is 3.79. The number of carbonyl (C=O) groups excluding carboxylic acids is 1. The number of fused-ring (bicyclic) bond motifs is 1. The standard InChI is InChI=1S/C22H23N3O5/c26-17-8-5-15(6-9-17)24-20-10-7-16(25(28)29)12-19(20)22(27)23-13-18-11-14-3-1-2-4-21(14)30-18/h1-4,7,10-12,15,17,24,26H,5-6,8-9,13H2,(H,23,27)/t15-,17+. The smallest absolute Gasteiger partial charge is 0.270 e. The number of benzene rings is 2. The number of nitro benzene ring substituents is 1. The fraction of sp³-hybridized carbons (Fsp3) is 0.318. The lowest BCUT2D eigenvalue weighted by Gasteiger charge is -2.27. The molecule has 0 aliphatic heterocycles. The maximum absolute atomic E-state index is 12.9. The van der Waals surface area contributed by atoms with E-state index in [1.165, 1.54) is 12.1 Å². The van der Waals surface area contributed by atoms with E-state index in [4.69, 9.17) is 4.42 Å². The van der Waals surface area contributed by atoms with E-state index < -0.39 is 10.8 Å². The van der Waals surface area contributed by atoms with Gasteiger partial charge in [0.25, 0.3) is 11.6 Å². The van der Waals surface area contributed by atoms with Crippen LogP contribution in [0.5, 0.6) is 0 Å². The summed E-state index contributed by atoms with van der Waals surface area (Å²) >= 11 is 0. The molecule has 1 heterocycles. The Labute approximate surface area is 173 Å². The predicted molar refractivity (Wildman–Crippen MR) is 112 cm³/mol. The lowest BCUT2D eigenvalue weighted by atomic mass is 9.92. The molecule has 3 N–H and O–H groups in total. The quantitative estimate of drug-likeness (QED) is 0.419. The number of hydrogen-bond acceptors (Lipinski definition) is 6. The normalized spacial score (nSPS) is 18.8. The van der Waals surface area contributed by atoms with Crippen molar-refractivity contribution in [2.45, 2.75) is 44.4 Å². The van der Waals surface area contributed by atoms with Crippen LogP contribution in [0.25, 0.3) is 11.0 Å². The molecule has 0 unspecified atom stereocenters. The zero-order valence-electron chi connectivity index (χ0n) is 16.3. The van der Waals surface area contributed by atoms with Crippen LogP contribution in [0.3, 0.4) is 0 Å². The van der Waals surface area contributed by atoms with Crippen molar-refractivity contribution in [3.8, 4) is 0 Å². The summed E-state index contributed by atoms with van der Waals surface area (Å²) in [5, 5.41) is 27.9. The second-order valence-electron chi connectivity index (χ2n) is 7.57. The van der Waals surface area contributed by atoms with E-state index in [1.54, 1.807) is 6.07 Å². The Morgan fingerprint density at radius 3 is 2.63 bits per heavy atom. The number of non-ortho nitro benzene ring substituents is 1. The number of aliphatic hydroxyl groups excluding tert-OH is 1. The topological polar surface area (TPSA) is 118 Å². The molecule has 1 fully saturated rings. The Morgan fingerprint density at radius 1 is 1.13 bits per heavy atom. The van der Waals surface area contributed by atoms with Gasteiger partial charge < -0.3 is 20.2 Å². The molecule has 0 spiro atoms. The number of hydrogen-bond donors (Lipinski definition) is 3. The van der Waals surface area contributed by atoms with Gasteiger partial charge in [-0.1, -0.05) is 18.2 Å². The van der Waals surface area contributed by atoms with Crippen LogP contribution in [-0.4, -0.2) is 28.1 Å². The predicted octanol–water partition coefficient (Wildman–Crippen LogP) is 3.99. The van der Waals surface area contributed by atoms with Gasteiger partial charge in [-0.25, -0.2) is 0 Å². The molecule has 8 heteroatoms. The van der Waals surface area contributed by atoms with E-state index in [2.05, 4.69) is 10.6 Å². The van der Waals surface area contributed by atoms with Crippen LogP contribution in [0.1, 0.15) is 41.8 Å². The van der Waals surface area contributed by atoms with Gasteiger partial charge in [-0.2, -0.15) is 0 Å². The van der Waals surface area contributed by atoms with Crippen molar-refractivity contribution in [2.75, 3.05) is 5.32 Å². The van der Waals surface area contributed by atoms with Crippen molar-refractivity contribution in [2.24, 2.45) is 0 Å². The molecule has 1 aliphatic carbocycles. The van der Waals surface area contributed by atoms with Crippen molar-refractivity contribution in [1.82, 2.24) is 5.32 Å². The van der Waals surface area contributed by atoms with Crippen molar-refractivity contribution in [1.29, 1.82) is 0 Å². The minimum absolute atomic E-state index is 0.108. The van der Waals surface area contributed by atoms with Gasteiger partial charge in [0.05, 0.1) is 23.1 Å². The molecule has 8 nitrogen and oxygen atoms in total. The highest BCUT2D eigenvalue weighted by molar-refractivity contribution is 6.00. The number of nitro groups is 1. The molecule has 2 aromatic carbocycles. The Balaban J connectivity index is 1.51. The number of furan rings is 1. The fourth-order valence-electron chi connectivity index (χ4n) is 3.79. The molecule has 1 aromatic heterocycles. The first-order valence-electron chi connectivity index (χ1n) is 9.98. The SMILES string of the molecule is O=C(NCc1cc2ccccc2o1)c1cc([N+](=O)[O-])ccc1N[C@H]1CC[C@@H](O)CC1. The Hall–Kier alpha value is -3.39. The summed E-state index contributed by atoms with van der Waals surface area (Å²) in [7, 11) is 0. The van der Waals surface area contributed by atoms with Crippen LogP contribution < -0.4 is 10.6 Å². The lowest BCUT2D eigenvalue weighted by Crippen LogP contribution is -2.30. The monoisotopic (exact) mass is 409 g/mol. The molecule has 0 atom stereocenters. The molecule has 156 valence electrons. The molecule has 0 radical (unpaired) electrons. The second kappa shape index (κ2) is 8.54. The molecule has 3 aromatic rings. The van der Waals surface area contributed by atoms with Gasteiger partial charge in [0.2, 0.25) is 0 Å². The number of carbonyl (C=O) groups is 1. The number of rotatable bonds is 6. The van der Waals surface area contributed by atoms with E-state index in [9.17, 15) is 20.0 Å². The zero-order valence-corrected chi connectivity index (χ0v) is 16.3. The number of anilines is 1. The number of nitrogens with one attached hydrogen (secondary N) is 2. The van der Waals surface area contributed by atoms with E-state index in [0.717, 1.165) is 23.8 Å². The van der Waals surface area contributed by atoms with E-state index in [0.29, 0.717) is 24.3 Å². The molecule has 1 aliphatic rings. The van der Waals surface area contributed by atoms with Gasteiger partial charge in [-0.15, -0.1) is 0 Å². The zero-order chi connectivity index (χ0) is 21.1. The van der Waals surface area contributed by atoms with E-state index in [-0.39, 0.29) is 29.9 Å². The van der Waals surface area contributed by atoms with Crippen LogP contribution in [0.15, 0.2) is 52.9 Å². The number of para-hydroxylation sites is 1. The van der Waals surface area contributed by atoms with Crippen LogP contribution in [0.4, 0.5) is 11.4 Å². The van der Waals surface area contributed by atoms with Crippen LogP contribution in [0, 0.1) is 10.1 Å². The summed E-state index contributed by atoms with van der Waals surface area (Å²) < 4.78 is 5.72.